The van der Waals surface area contributed by atoms with E-state index in [4.69, 9.17) is 4.74 Å². The molecule has 32 heavy (non-hydrogen) atoms. The summed E-state index contributed by atoms with van der Waals surface area (Å²) in [5, 5.41) is 9.40. The maximum absolute atomic E-state index is 13.9. The van der Waals surface area contributed by atoms with Crippen molar-refractivity contribution in [1.29, 1.82) is 0 Å². The van der Waals surface area contributed by atoms with Crippen molar-refractivity contribution < 1.29 is 36.6 Å². The smallest absolute Gasteiger partial charge is 0.389 e. The monoisotopic (exact) mass is 456 g/mol. The van der Waals surface area contributed by atoms with E-state index in [9.17, 15) is 31.9 Å². The number of benzene rings is 1. The normalized spacial score (nSPS) is 12.8. The highest BCUT2D eigenvalue weighted by molar-refractivity contribution is 5.96. The number of rotatable bonds is 9. The number of ketones is 1. The Balaban J connectivity index is 1.82. The van der Waals surface area contributed by atoms with Crippen molar-refractivity contribution in [2.24, 2.45) is 5.92 Å². The zero-order valence-corrected chi connectivity index (χ0v) is 17.1. The van der Waals surface area contributed by atoms with Crippen molar-refractivity contribution in [2.45, 2.75) is 39.0 Å². The van der Waals surface area contributed by atoms with Gasteiger partial charge in [-0.05, 0) is 43.5 Å². The van der Waals surface area contributed by atoms with Gasteiger partial charge < -0.3 is 9.84 Å². The van der Waals surface area contributed by atoms with Crippen LogP contribution < -0.4 is 4.74 Å². The van der Waals surface area contributed by atoms with Gasteiger partial charge in [0.15, 0.2) is 17.2 Å². The number of fused-ring (bicyclic) bond motifs is 1. The first kappa shape index (κ1) is 23.6. The van der Waals surface area contributed by atoms with Gasteiger partial charge in [-0.25, -0.2) is 13.8 Å². The maximum Gasteiger partial charge on any atom is 0.389 e. The minimum Gasteiger partial charge on any atom is -0.485 e. The summed E-state index contributed by atoms with van der Waals surface area (Å²) >= 11 is 0. The fourth-order valence-electron chi connectivity index (χ4n) is 3.41. The number of halogens is 5. The molecule has 0 saturated carbocycles. The van der Waals surface area contributed by atoms with E-state index < -0.39 is 49.1 Å². The van der Waals surface area contributed by atoms with Gasteiger partial charge in [-0.2, -0.15) is 13.2 Å². The van der Waals surface area contributed by atoms with E-state index in [2.05, 4.69) is 4.98 Å². The number of aryl methyl sites for hydroxylation is 1. The number of carbonyl (C=O) groups is 1. The molecule has 0 bridgehead atoms. The Morgan fingerprint density at radius 2 is 1.88 bits per heavy atom. The van der Waals surface area contributed by atoms with Crippen LogP contribution in [0.25, 0.3) is 5.65 Å². The van der Waals surface area contributed by atoms with E-state index in [-0.39, 0.29) is 35.5 Å². The van der Waals surface area contributed by atoms with Crippen molar-refractivity contribution >= 4 is 11.4 Å². The average Bonchev–Trinajstić information content (AvgIpc) is 3.06. The van der Waals surface area contributed by atoms with Crippen LogP contribution in [-0.4, -0.2) is 33.1 Å². The van der Waals surface area contributed by atoms with Gasteiger partial charge >= 0.3 is 6.18 Å². The van der Waals surface area contributed by atoms with Crippen LogP contribution in [0.1, 0.15) is 41.0 Å². The number of pyridine rings is 1. The number of alkyl halides is 3. The molecule has 5 nitrogen and oxygen atoms in total. The second kappa shape index (κ2) is 9.64. The van der Waals surface area contributed by atoms with Crippen LogP contribution in [-0.2, 0) is 6.61 Å². The van der Waals surface area contributed by atoms with Gasteiger partial charge in [0.05, 0.1) is 11.3 Å². The molecule has 3 aromatic rings. The molecule has 10 heteroatoms. The number of hydrogen-bond acceptors (Lipinski definition) is 4. The van der Waals surface area contributed by atoms with Gasteiger partial charge in [0, 0.05) is 25.6 Å². The molecule has 1 atom stereocenters. The van der Waals surface area contributed by atoms with E-state index in [0.717, 1.165) is 12.1 Å². The van der Waals surface area contributed by atoms with Gasteiger partial charge in [0.2, 0.25) is 0 Å². The Kier molecular flexibility index (Phi) is 7.12. The second-order valence-corrected chi connectivity index (χ2v) is 7.43. The fourth-order valence-corrected chi connectivity index (χ4v) is 3.41. The minimum atomic E-state index is -4.38. The summed E-state index contributed by atoms with van der Waals surface area (Å²) in [6.07, 6.45) is -4.60. The summed E-state index contributed by atoms with van der Waals surface area (Å²) in [7, 11) is 0. The van der Waals surface area contributed by atoms with Crippen molar-refractivity contribution in [1.82, 2.24) is 9.38 Å². The van der Waals surface area contributed by atoms with E-state index in [1.54, 1.807) is 13.0 Å². The van der Waals surface area contributed by atoms with E-state index in [0.29, 0.717) is 5.69 Å². The highest BCUT2D eigenvalue weighted by Crippen LogP contribution is 2.28. The molecule has 1 unspecified atom stereocenters. The summed E-state index contributed by atoms with van der Waals surface area (Å²) in [6.45, 7) is 0.599. The summed E-state index contributed by atoms with van der Waals surface area (Å²) in [5.41, 5.74) is 0.425. The summed E-state index contributed by atoms with van der Waals surface area (Å²) < 4.78 is 72.1. The molecule has 2 aromatic heterocycles. The molecule has 0 spiro atoms. The van der Waals surface area contributed by atoms with Crippen molar-refractivity contribution in [3.63, 3.8) is 0 Å². The lowest BCUT2D eigenvalue weighted by molar-refractivity contribution is -0.138. The molecular formula is C22H21F5N2O3. The number of imidazole rings is 1. The number of hydrogen-bond donors (Lipinski definition) is 1. The van der Waals surface area contributed by atoms with Crippen LogP contribution in [0.2, 0.25) is 0 Å². The zero-order valence-electron chi connectivity index (χ0n) is 17.1. The molecule has 0 saturated heterocycles. The summed E-state index contributed by atoms with van der Waals surface area (Å²) in [6, 6.07) is 6.52. The lowest BCUT2D eigenvalue weighted by Crippen LogP contribution is -2.18. The Morgan fingerprint density at radius 3 is 2.50 bits per heavy atom. The van der Waals surface area contributed by atoms with Crippen molar-refractivity contribution in [2.75, 3.05) is 6.61 Å². The van der Waals surface area contributed by atoms with Gasteiger partial charge in [-0.1, -0.05) is 6.07 Å². The molecule has 1 aromatic carbocycles. The third kappa shape index (κ3) is 5.42. The summed E-state index contributed by atoms with van der Waals surface area (Å²) in [5.74, 6) is -2.68. The van der Waals surface area contributed by atoms with Crippen LogP contribution in [0.4, 0.5) is 22.0 Å². The highest BCUT2D eigenvalue weighted by atomic mass is 19.4. The zero-order chi connectivity index (χ0) is 23.5. The van der Waals surface area contributed by atoms with Crippen LogP contribution in [0.3, 0.4) is 0 Å². The molecule has 0 amide bonds. The largest absolute Gasteiger partial charge is 0.485 e. The van der Waals surface area contributed by atoms with E-state index >= 15 is 0 Å². The molecule has 2 heterocycles. The molecule has 1 N–H and O–H groups in total. The molecule has 0 radical (unpaired) electrons. The van der Waals surface area contributed by atoms with Gasteiger partial charge in [-0.3, -0.25) is 9.20 Å². The van der Waals surface area contributed by atoms with Crippen LogP contribution in [0.5, 0.6) is 5.75 Å². The number of nitrogens with zero attached hydrogens (tertiary/aromatic N) is 2. The number of Topliss-reactive ketones (excluding diaryl/α,β-unsaturated/α-hetero) is 1. The Bertz CT molecular complexity index is 1090. The van der Waals surface area contributed by atoms with Gasteiger partial charge in [0.25, 0.3) is 0 Å². The lowest BCUT2D eigenvalue weighted by Gasteiger charge is -2.15. The predicted molar refractivity (Wildman–Crippen MR) is 105 cm³/mol. The van der Waals surface area contributed by atoms with Gasteiger partial charge in [-0.15, -0.1) is 0 Å². The Morgan fingerprint density at radius 1 is 1.19 bits per heavy atom. The molecule has 0 aliphatic carbocycles. The SMILES string of the molecule is Cc1nc2c(OCc3c(F)cccc3F)cccn2c1C(=O)CC(CO)CCC(F)(F)F. The number of ether oxygens (including phenoxy) is 1. The first-order valence-corrected chi connectivity index (χ1v) is 9.85. The fraction of sp³-hybridized carbons (Fsp3) is 0.364. The standard InChI is InChI=1S/C22H21F5N2O3/c1-13-20(18(31)10-14(11-30)7-8-22(25,26)27)29-9-3-6-19(21(29)28-13)32-12-15-16(23)4-2-5-17(15)24/h2-6,9,14,30H,7-8,10-12H2,1H3. The molecule has 3 rings (SSSR count). The quantitative estimate of drug-likeness (QED) is 0.363. The summed E-state index contributed by atoms with van der Waals surface area (Å²) in [4.78, 5) is 17.1. The van der Waals surface area contributed by atoms with E-state index in [1.807, 2.05) is 0 Å². The van der Waals surface area contributed by atoms with Crippen LogP contribution >= 0.6 is 0 Å². The number of aliphatic hydroxyl groups excluding tert-OH is 1. The molecule has 0 aliphatic rings. The first-order valence-electron chi connectivity index (χ1n) is 9.85. The predicted octanol–water partition coefficient (Wildman–Crippen LogP) is 5.02. The van der Waals surface area contributed by atoms with Crippen LogP contribution in [0, 0.1) is 24.5 Å². The lowest BCUT2D eigenvalue weighted by atomic mass is 9.96. The highest BCUT2D eigenvalue weighted by Gasteiger charge is 2.29. The van der Waals surface area contributed by atoms with Gasteiger partial charge in [0.1, 0.15) is 23.9 Å². The maximum atomic E-state index is 13.9. The molecule has 172 valence electrons. The Labute approximate surface area is 180 Å². The average molecular weight is 456 g/mol. The minimum absolute atomic E-state index is 0.146. The third-order valence-electron chi connectivity index (χ3n) is 5.05. The number of aromatic nitrogens is 2. The van der Waals surface area contributed by atoms with Crippen LogP contribution in [0.15, 0.2) is 36.5 Å². The number of carbonyl (C=O) groups excluding carboxylic acids is 1. The van der Waals surface area contributed by atoms with Crippen molar-refractivity contribution in [3.05, 3.63) is 65.1 Å². The Hall–Kier alpha value is -3.01. The first-order chi connectivity index (χ1) is 15.1. The molecule has 0 fully saturated rings. The van der Waals surface area contributed by atoms with Crippen molar-refractivity contribution in [3.8, 4) is 5.75 Å². The topological polar surface area (TPSA) is 63.8 Å². The number of aliphatic hydroxyl groups is 1. The second-order valence-electron chi connectivity index (χ2n) is 7.43. The third-order valence-corrected chi connectivity index (χ3v) is 5.05. The molecular weight excluding hydrogens is 435 g/mol. The molecule has 0 aliphatic heterocycles. The van der Waals surface area contributed by atoms with E-state index in [1.165, 1.54) is 22.7 Å².